The van der Waals surface area contributed by atoms with E-state index in [0.717, 1.165) is 0 Å². The van der Waals surface area contributed by atoms with E-state index >= 15 is 0 Å². The van der Waals surface area contributed by atoms with Gasteiger partial charge in [0.1, 0.15) is 5.70 Å². The third kappa shape index (κ3) is 4.26. The predicted octanol–water partition coefficient (Wildman–Crippen LogP) is 1.52. The molecule has 1 atom stereocenters. The Morgan fingerprint density at radius 3 is 2.44 bits per heavy atom. The number of carbonyl (C=O) groups is 2. The molecular weight excluding hydrogens is 226 g/mol. The summed E-state index contributed by atoms with van der Waals surface area (Å²) in [6, 6.07) is 0. The van der Waals surface area contributed by atoms with Crippen molar-refractivity contribution < 1.29 is 14.3 Å². The van der Waals surface area contributed by atoms with Crippen molar-refractivity contribution in [1.82, 2.24) is 4.90 Å². The van der Waals surface area contributed by atoms with Gasteiger partial charge in [0.2, 0.25) is 6.41 Å². The average molecular weight is 245 g/mol. The Morgan fingerprint density at radius 1 is 1.56 bits per heavy atom. The van der Waals surface area contributed by atoms with Crippen LogP contribution in [0.15, 0.2) is 12.3 Å². The number of carbonyl (C=O) groups excluding carboxylic acids is 2. The van der Waals surface area contributed by atoms with Crippen molar-refractivity contribution in [3.05, 3.63) is 12.3 Å². The average Bonchev–Trinajstić information content (AvgIpc) is 2.28. The van der Waals surface area contributed by atoms with Gasteiger partial charge < -0.3 is 9.64 Å². The molecule has 0 spiro atoms. The van der Waals surface area contributed by atoms with Crippen LogP contribution in [0.5, 0.6) is 0 Å². The third-order valence-corrected chi connectivity index (χ3v) is 3.62. The van der Waals surface area contributed by atoms with Crippen LogP contribution >= 0.6 is 11.8 Å². The standard InChI is InChI=1S/C11H19NO3S/c1-8(2)10(16-5)6-12(7-13)9(3)11(14)15-4/h7-8,10H,3,6H2,1-2,4-5H3. The van der Waals surface area contributed by atoms with E-state index in [0.29, 0.717) is 18.9 Å². The Morgan fingerprint density at radius 2 is 2.12 bits per heavy atom. The van der Waals surface area contributed by atoms with Crippen LogP contribution in [-0.2, 0) is 14.3 Å². The summed E-state index contributed by atoms with van der Waals surface area (Å²) in [5.74, 6) is -0.154. The first-order valence-electron chi connectivity index (χ1n) is 4.99. The lowest BCUT2D eigenvalue weighted by molar-refractivity contribution is -0.139. The highest BCUT2D eigenvalue weighted by Gasteiger charge is 2.21. The first-order valence-corrected chi connectivity index (χ1v) is 6.28. The zero-order chi connectivity index (χ0) is 12.7. The van der Waals surface area contributed by atoms with Crippen molar-refractivity contribution in [2.24, 2.45) is 5.92 Å². The Balaban J connectivity index is 4.56. The van der Waals surface area contributed by atoms with Crippen molar-refractivity contribution >= 4 is 24.1 Å². The van der Waals surface area contributed by atoms with Crippen molar-refractivity contribution in [2.45, 2.75) is 19.1 Å². The van der Waals surface area contributed by atoms with E-state index in [1.54, 1.807) is 11.8 Å². The molecule has 0 aromatic heterocycles. The van der Waals surface area contributed by atoms with E-state index in [9.17, 15) is 9.59 Å². The summed E-state index contributed by atoms with van der Waals surface area (Å²) in [6.45, 7) is 8.17. The fourth-order valence-electron chi connectivity index (χ4n) is 1.20. The lowest BCUT2D eigenvalue weighted by Crippen LogP contribution is -2.34. The van der Waals surface area contributed by atoms with Gasteiger partial charge in [-0.1, -0.05) is 20.4 Å². The Bertz CT molecular complexity index is 266. The van der Waals surface area contributed by atoms with Crippen LogP contribution in [0.25, 0.3) is 0 Å². The van der Waals surface area contributed by atoms with Crippen molar-refractivity contribution in [3.63, 3.8) is 0 Å². The van der Waals surface area contributed by atoms with E-state index in [2.05, 4.69) is 25.2 Å². The van der Waals surface area contributed by atoms with E-state index in [1.165, 1.54) is 12.0 Å². The van der Waals surface area contributed by atoms with E-state index in [-0.39, 0.29) is 10.9 Å². The molecule has 16 heavy (non-hydrogen) atoms. The van der Waals surface area contributed by atoms with Crippen LogP contribution in [-0.4, -0.2) is 42.4 Å². The number of rotatable bonds is 7. The molecule has 0 saturated carbocycles. The topological polar surface area (TPSA) is 46.6 Å². The molecule has 0 radical (unpaired) electrons. The molecule has 0 rings (SSSR count). The summed E-state index contributed by atoms with van der Waals surface area (Å²) in [7, 11) is 1.27. The molecule has 0 aromatic rings. The largest absolute Gasteiger partial charge is 0.464 e. The number of hydrogen-bond donors (Lipinski definition) is 0. The maximum atomic E-state index is 11.2. The van der Waals surface area contributed by atoms with Crippen molar-refractivity contribution in [2.75, 3.05) is 19.9 Å². The minimum absolute atomic E-state index is 0.0807. The minimum atomic E-state index is -0.573. The van der Waals surface area contributed by atoms with Gasteiger partial charge in [0.25, 0.3) is 0 Å². The second kappa shape index (κ2) is 7.33. The van der Waals surface area contributed by atoms with Gasteiger partial charge >= 0.3 is 5.97 Å². The van der Waals surface area contributed by atoms with Crippen LogP contribution in [0, 0.1) is 5.92 Å². The number of methoxy groups -OCH3 is 1. The molecule has 0 aliphatic heterocycles. The maximum Gasteiger partial charge on any atom is 0.354 e. The normalized spacial score (nSPS) is 12.1. The molecule has 1 amide bonds. The SMILES string of the molecule is C=C(C(=O)OC)N(C=O)CC(SC)C(C)C. The molecule has 0 heterocycles. The summed E-state index contributed by atoms with van der Waals surface area (Å²) >= 11 is 1.66. The molecule has 0 saturated heterocycles. The summed E-state index contributed by atoms with van der Waals surface area (Å²) in [6.07, 6.45) is 2.60. The fourth-order valence-corrected chi connectivity index (χ4v) is 2.06. The van der Waals surface area contributed by atoms with Gasteiger partial charge in [-0.3, -0.25) is 4.79 Å². The monoisotopic (exact) mass is 245 g/mol. The fraction of sp³-hybridized carbons (Fsp3) is 0.636. The highest BCUT2D eigenvalue weighted by molar-refractivity contribution is 7.99. The highest BCUT2D eigenvalue weighted by atomic mass is 32.2. The Labute approximate surface area is 101 Å². The molecule has 0 aromatic carbocycles. The highest BCUT2D eigenvalue weighted by Crippen LogP contribution is 2.19. The van der Waals surface area contributed by atoms with Gasteiger partial charge in [0.05, 0.1) is 7.11 Å². The van der Waals surface area contributed by atoms with E-state index in [1.807, 2.05) is 6.26 Å². The number of esters is 1. The third-order valence-electron chi connectivity index (χ3n) is 2.32. The van der Waals surface area contributed by atoms with Crippen LogP contribution in [0.2, 0.25) is 0 Å². The molecule has 0 aliphatic rings. The van der Waals surface area contributed by atoms with Crippen LogP contribution in [0.3, 0.4) is 0 Å². The minimum Gasteiger partial charge on any atom is -0.464 e. The maximum absolute atomic E-state index is 11.2. The number of thioether (sulfide) groups is 1. The number of hydrogen-bond acceptors (Lipinski definition) is 4. The second-order valence-corrected chi connectivity index (χ2v) is 4.79. The lowest BCUT2D eigenvalue weighted by atomic mass is 10.1. The van der Waals surface area contributed by atoms with Gasteiger partial charge in [-0.15, -0.1) is 0 Å². The summed E-state index contributed by atoms with van der Waals surface area (Å²) in [5.41, 5.74) is 0.0807. The van der Waals surface area contributed by atoms with E-state index < -0.39 is 5.97 Å². The number of nitrogens with zero attached hydrogens (tertiary/aromatic N) is 1. The zero-order valence-corrected chi connectivity index (χ0v) is 11.0. The van der Waals surface area contributed by atoms with Crippen molar-refractivity contribution in [3.8, 4) is 0 Å². The number of amides is 1. The lowest BCUT2D eigenvalue weighted by Gasteiger charge is -2.25. The molecule has 92 valence electrons. The van der Waals surface area contributed by atoms with Gasteiger partial charge in [-0.25, -0.2) is 4.79 Å². The van der Waals surface area contributed by atoms with E-state index in [4.69, 9.17) is 0 Å². The molecule has 0 bridgehead atoms. The number of ether oxygens (including phenoxy) is 1. The second-order valence-electron chi connectivity index (χ2n) is 3.71. The molecule has 0 N–H and O–H groups in total. The smallest absolute Gasteiger partial charge is 0.354 e. The van der Waals surface area contributed by atoms with Gasteiger partial charge in [0.15, 0.2) is 0 Å². The summed E-state index contributed by atoms with van der Waals surface area (Å²) < 4.78 is 4.52. The first kappa shape index (κ1) is 15.0. The molecule has 4 nitrogen and oxygen atoms in total. The zero-order valence-electron chi connectivity index (χ0n) is 10.2. The summed E-state index contributed by atoms with van der Waals surface area (Å²) in [5, 5.41) is 0.270. The molecular formula is C11H19NO3S. The molecule has 0 fully saturated rings. The van der Waals surface area contributed by atoms with Crippen LogP contribution < -0.4 is 0 Å². The van der Waals surface area contributed by atoms with Crippen LogP contribution in [0.4, 0.5) is 0 Å². The first-order chi connectivity index (χ1) is 7.47. The molecule has 5 heteroatoms. The molecule has 0 aliphatic carbocycles. The predicted molar refractivity (Wildman–Crippen MR) is 66.1 cm³/mol. The summed E-state index contributed by atoms with van der Waals surface area (Å²) in [4.78, 5) is 23.4. The van der Waals surface area contributed by atoms with Gasteiger partial charge in [-0.05, 0) is 12.2 Å². The van der Waals surface area contributed by atoms with Gasteiger partial charge in [0, 0.05) is 11.8 Å². The van der Waals surface area contributed by atoms with Crippen LogP contribution in [0.1, 0.15) is 13.8 Å². The van der Waals surface area contributed by atoms with Gasteiger partial charge in [-0.2, -0.15) is 11.8 Å². The quantitative estimate of drug-likeness (QED) is 0.387. The Hall–Kier alpha value is -0.970. The Kier molecular flexibility index (Phi) is 6.88. The van der Waals surface area contributed by atoms with Crippen molar-refractivity contribution in [1.29, 1.82) is 0 Å². The molecule has 1 unspecified atom stereocenters.